The van der Waals surface area contributed by atoms with Gasteiger partial charge in [-0.1, -0.05) is 38.3 Å². The first-order valence-corrected chi connectivity index (χ1v) is 11.7. The van der Waals surface area contributed by atoms with E-state index < -0.39 is 0 Å². The van der Waals surface area contributed by atoms with Crippen LogP contribution in [0.4, 0.5) is 0 Å². The number of nitrogens with zero attached hydrogens (tertiary/aromatic N) is 2. The molecule has 3 N–H and O–H groups in total. The van der Waals surface area contributed by atoms with Gasteiger partial charge >= 0.3 is 0 Å². The maximum Gasteiger partial charge on any atom is 0.254 e. The van der Waals surface area contributed by atoms with Crippen molar-refractivity contribution >= 4 is 17.8 Å². The van der Waals surface area contributed by atoms with E-state index in [9.17, 15) is 9.59 Å². The number of guanidine groups is 1. The fraction of sp³-hybridized carbons (Fsp3) is 0.625. The molecule has 0 spiro atoms. The molecule has 7 heteroatoms. The molecule has 0 radical (unpaired) electrons. The van der Waals surface area contributed by atoms with E-state index in [0.29, 0.717) is 25.2 Å². The molecular formula is C24H37N5O2. The fourth-order valence-electron chi connectivity index (χ4n) is 4.48. The van der Waals surface area contributed by atoms with Gasteiger partial charge < -0.3 is 20.9 Å². The number of amides is 2. The highest BCUT2D eigenvalue weighted by Crippen LogP contribution is 2.30. The van der Waals surface area contributed by atoms with Gasteiger partial charge in [0.1, 0.15) is 0 Å². The predicted molar refractivity (Wildman–Crippen MR) is 124 cm³/mol. The summed E-state index contributed by atoms with van der Waals surface area (Å²) in [6.45, 7) is 7.95. The van der Waals surface area contributed by atoms with Gasteiger partial charge in [-0.2, -0.15) is 0 Å². The first kappa shape index (κ1) is 23.1. The van der Waals surface area contributed by atoms with Gasteiger partial charge in [-0.05, 0) is 49.3 Å². The minimum absolute atomic E-state index is 0.100. The third-order valence-corrected chi connectivity index (χ3v) is 6.18. The Labute approximate surface area is 186 Å². The summed E-state index contributed by atoms with van der Waals surface area (Å²) < 4.78 is 0. The van der Waals surface area contributed by atoms with Gasteiger partial charge in [0.15, 0.2) is 5.96 Å². The van der Waals surface area contributed by atoms with Gasteiger partial charge in [0.2, 0.25) is 5.91 Å². The molecule has 1 aliphatic carbocycles. The first-order valence-electron chi connectivity index (χ1n) is 11.7. The summed E-state index contributed by atoms with van der Waals surface area (Å²) in [6, 6.07) is 7.52. The number of piperazine rings is 1. The molecule has 1 aromatic carbocycles. The van der Waals surface area contributed by atoms with E-state index in [1.54, 1.807) is 4.90 Å². The number of carbonyl (C=O) groups is 2. The summed E-state index contributed by atoms with van der Waals surface area (Å²) >= 11 is 0. The monoisotopic (exact) mass is 427 g/mol. The molecule has 0 bridgehead atoms. The Bertz CT molecular complexity index is 762. The van der Waals surface area contributed by atoms with Crippen LogP contribution in [0.2, 0.25) is 0 Å². The zero-order chi connectivity index (χ0) is 22.1. The molecule has 3 rings (SSSR count). The lowest BCUT2D eigenvalue weighted by atomic mass is 9.81. The molecule has 1 aromatic rings. The van der Waals surface area contributed by atoms with Crippen molar-refractivity contribution < 1.29 is 9.59 Å². The van der Waals surface area contributed by atoms with Crippen molar-refractivity contribution in [1.29, 1.82) is 0 Å². The van der Waals surface area contributed by atoms with Gasteiger partial charge in [0, 0.05) is 31.7 Å². The summed E-state index contributed by atoms with van der Waals surface area (Å²) in [6.07, 6.45) is 6.64. The van der Waals surface area contributed by atoms with Crippen molar-refractivity contribution in [1.82, 2.24) is 20.9 Å². The van der Waals surface area contributed by atoms with Crippen LogP contribution in [0.5, 0.6) is 0 Å². The summed E-state index contributed by atoms with van der Waals surface area (Å²) in [7, 11) is 0. The molecule has 0 aromatic heterocycles. The summed E-state index contributed by atoms with van der Waals surface area (Å²) in [4.78, 5) is 30.4. The zero-order valence-electron chi connectivity index (χ0n) is 19.0. The van der Waals surface area contributed by atoms with Crippen LogP contribution in [-0.4, -0.2) is 55.4 Å². The number of hydrogen-bond acceptors (Lipinski definition) is 3. The Hall–Kier alpha value is -2.57. The molecule has 2 aliphatic rings. The lowest BCUT2D eigenvalue weighted by Gasteiger charge is -2.27. The number of carbonyl (C=O) groups excluding carboxylic acids is 2. The Kier molecular flexibility index (Phi) is 8.74. The van der Waals surface area contributed by atoms with Gasteiger partial charge in [-0.25, -0.2) is 4.99 Å². The largest absolute Gasteiger partial charge is 0.357 e. The molecule has 31 heavy (non-hydrogen) atoms. The summed E-state index contributed by atoms with van der Waals surface area (Å²) in [5.41, 5.74) is 1.65. The van der Waals surface area contributed by atoms with E-state index in [1.807, 2.05) is 24.3 Å². The highest BCUT2D eigenvalue weighted by molar-refractivity contribution is 5.97. The fourth-order valence-corrected chi connectivity index (χ4v) is 4.48. The smallest absolute Gasteiger partial charge is 0.254 e. The molecular weight excluding hydrogens is 390 g/mol. The number of rotatable bonds is 7. The van der Waals surface area contributed by atoms with E-state index in [1.165, 1.54) is 32.1 Å². The topological polar surface area (TPSA) is 85.8 Å². The van der Waals surface area contributed by atoms with Crippen LogP contribution in [0.3, 0.4) is 0 Å². The van der Waals surface area contributed by atoms with E-state index in [0.717, 1.165) is 36.4 Å². The Morgan fingerprint density at radius 1 is 1.23 bits per heavy atom. The van der Waals surface area contributed by atoms with Crippen LogP contribution in [0.25, 0.3) is 0 Å². The Balaban J connectivity index is 1.49. The molecule has 7 nitrogen and oxygen atoms in total. The predicted octanol–water partition coefficient (Wildman–Crippen LogP) is 2.53. The van der Waals surface area contributed by atoms with Crippen LogP contribution >= 0.6 is 0 Å². The van der Waals surface area contributed by atoms with Crippen molar-refractivity contribution in [2.45, 2.75) is 52.5 Å². The number of benzene rings is 1. The quantitative estimate of drug-likeness (QED) is 0.461. The van der Waals surface area contributed by atoms with Crippen molar-refractivity contribution in [2.24, 2.45) is 16.8 Å². The molecule has 1 heterocycles. The average molecular weight is 428 g/mol. The minimum Gasteiger partial charge on any atom is -0.357 e. The molecule has 2 amide bonds. The highest BCUT2D eigenvalue weighted by Gasteiger charge is 2.22. The van der Waals surface area contributed by atoms with Gasteiger partial charge in [-0.3, -0.25) is 9.59 Å². The summed E-state index contributed by atoms with van der Waals surface area (Å²) in [5.74, 6) is 2.33. The second kappa shape index (κ2) is 11.7. The third-order valence-electron chi connectivity index (χ3n) is 6.18. The third kappa shape index (κ3) is 7.26. The molecule has 2 fully saturated rings. The standard InChI is InChI=1S/C24H37N5O2/c1-3-25-24(27-12-11-19-6-4-5-18(2)15-19)28-16-20-7-9-21(10-8-20)23(31)29-14-13-26-22(30)17-29/h7-10,18-19H,3-6,11-17H2,1-2H3,(H,26,30)(H2,25,27,28). The van der Waals surface area contributed by atoms with Crippen LogP contribution in [-0.2, 0) is 11.3 Å². The van der Waals surface area contributed by atoms with Crippen LogP contribution in [0.15, 0.2) is 29.3 Å². The summed E-state index contributed by atoms with van der Waals surface area (Å²) in [5, 5.41) is 9.53. The maximum atomic E-state index is 12.6. The maximum absolute atomic E-state index is 12.6. The highest BCUT2D eigenvalue weighted by atomic mass is 16.2. The van der Waals surface area contributed by atoms with E-state index >= 15 is 0 Å². The van der Waals surface area contributed by atoms with Gasteiger partial charge in [0.05, 0.1) is 13.1 Å². The van der Waals surface area contributed by atoms with Crippen LogP contribution in [0, 0.1) is 11.8 Å². The lowest BCUT2D eigenvalue weighted by Crippen LogP contribution is -2.49. The number of hydrogen-bond donors (Lipinski definition) is 3. The van der Waals surface area contributed by atoms with E-state index in [-0.39, 0.29) is 18.4 Å². The van der Waals surface area contributed by atoms with Crippen LogP contribution in [0.1, 0.15) is 61.9 Å². The van der Waals surface area contributed by atoms with Crippen LogP contribution < -0.4 is 16.0 Å². The zero-order valence-corrected chi connectivity index (χ0v) is 19.0. The first-order chi connectivity index (χ1) is 15.0. The van der Waals surface area contributed by atoms with E-state index in [2.05, 4.69) is 29.8 Å². The number of nitrogens with one attached hydrogen (secondary N) is 3. The molecule has 170 valence electrons. The molecule has 2 unspecified atom stereocenters. The van der Waals surface area contributed by atoms with Crippen molar-refractivity contribution in [3.63, 3.8) is 0 Å². The Morgan fingerprint density at radius 3 is 2.74 bits per heavy atom. The SMILES string of the molecule is CCNC(=NCc1ccc(C(=O)N2CCNC(=O)C2)cc1)NCCC1CCCC(C)C1. The second-order valence-corrected chi connectivity index (χ2v) is 8.82. The number of aliphatic imine (C=N–C) groups is 1. The van der Waals surface area contributed by atoms with Gasteiger partial charge in [0.25, 0.3) is 5.91 Å². The molecule has 1 saturated carbocycles. The minimum atomic E-state index is -0.105. The average Bonchev–Trinajstić information content (AvgIpc) is 2.77. The molecule has 1 saturated heterocycles. The second-order valence-electron chi connectivity index (χ2n) is 8.82. The Morgan fingerprint density at radius 2 is 2.03 bits per heavy atom. The van der Waals surface area contributed by atoms with Gasteiger partial charge in [-0.15, -0.1) is 0 Å². The molecule has 1 aliphatic heterocycles. The normalized spacial score (nSPS) is 22.1. The lowest BCUT2D eigenvalue weighted by molar-refractivity contribution is -0.123. The van der Waals surface area contributed by atoms with E-state index in [4.69, 9.17) is 4.99 Å². The van der Waals surface area contributed by atoms with Crippen molar-refractivity contribution in [3.8, 4) is 0 Å². The van der Waals surface area contributed by atoms with Crippen molar-refractivity contribution in [2.75, 3.05) is 32.7 Å². The van der Waals surface area contributed by atoms with Crippen molar-refractivity contribution in [3.05, 3.63) is 35.4 Å². The molecule has 2 atom stereocenters.